The first-order valence-corrected chi connectivity index (χ1v) is 9.65. The number of aryl methyl sites for hydroxylation is 3. The Morgan fingerprint density at radius 3 is 2.38 bits per heavy atom. The summed E-state index contributed by atoms with van der Waals surface area (Å²) in [7, 11) is -3.55. The lowest BCUT2D eigenvalue weighted by Gasteiger charge is -2.36. The summed E-state index contributed by atoms with van der Waals surface area (Å²) in [6.07, 6.45) is 0.966. The Labute approximate surface area is 143 Å². The number of rotatable bonds is 4. The van der Waals surface area contributed by atoms with E-state index in [0.29, 0.717) is 37.6 Å². The first-order valence-electron chi connectivity index (χ1n) is 8.21. The molecule has 0 amide bonds. The summed E-state index contributed by atoms with van der Waals surface area (Å²) in [6.45, 7) is 7.73. The average Bonchev–Trinajstić information content (AvgIpc) is 2.94. The number of nitrogens with zero attached hydrogens (tertiary/aromatic N) is 3. The predicted molar refractivity (Wildman–Crippen MR) is 92.8 cm³/mol. The summed E-state index contributed by atoms with van der Waals surface area (Å²) in [6, 6.07) is 8.31. The summed E-state index contributed by atoms with van der Waals surface area (Å²) < 4.78 is 32.3. The van der Waals surface area contributed by atoms with Gasteiger partial charge in [0.1, 0.15) is 10.6 Å². The molecule has 1 fully saturated rings. The molecule has 0 unspecified atom stereocenters. The molecule has 24 heavy (non-hydrogen) atoms. The largest absolute Gasteiger partial charge is 0.369 e. The van der Waals surface area contributed by atoms with Crippen molar-refractivity contribution < 1.29 is 12.9 Å². The molecular formula is C17H23N3O3S. The van der Waals surface area contributed by atoms with Crippen LogP contribution in [-0.2, 0) is 16.4 Å². The minimum Gasteiger partial charge on any atom is -0.369 e. The first-order chi connectivity index (χ1) is 11.4. The molecule has 0 bridgehead atoms. The van der Waals surface area contributed by atoms with Gasteiger partial charge >= 0.3 is 0 Å². The molecule has 1 saturated heterocycles. The van der Waals surface area contributed by atoms with Crippen LogP contribution in [0.15, 0.2) is 33.7 Å². The first kappa shape index (κ1) is 17.0. The van der Waals surface area contributed by atoms with Crippen LogP contribution < -0.4 is 4.90 Å². The number of para-hydroxylation sites is 1. The SMILES string of the molecule is CCc1ccccc1N1CCN(S(=O)(=O)c2c(C)noc2C)CC1. The van der Waals surface area contributed by atoms with Crippen molar-refractivity contribution in [1.82, 2.24) is 9.46 Å². The third-order valence-electron chi connectivity index (χ3n) is 4.52. The molecule has 2 aromatic rings. The molecule has 0 saturated carbocycles. The molecule has 3 rings (SSSR count). The fraction of sp³-hybridized carbons (Fsp3) is 0.471. The summed E-state index contributed by atoms with van der Waals surface area (Å²) in [5, 5.41) is 3.77. The monoisotopic (exact) mass is 349 g/mol. The molecule has 0 radical (unpaired) electrons. The van der Waals surface area contributed by atoms with Crippen molar-refractivity contribution in [2.45, 2.75) is 32.1 Å². The topological polar surface area (TPSA) is 66.7 Å². The van der Waals surface area contributed by atoms with Crippen LogP contribution in [0, 0.1) is 13.8 Å². The maximum atomic E-state index is 12.9. The van der Waals surface area contributed by atoms with Gasteiger partial charge in [0.2, 0.25) is 10.0 Å². The van der Waals surface area contributed by atoms with E-state index in [1.54, 1.807) is 13.8 Å². The summed E-state index contributed by atoms with van der Waals surface area (Å²) in [5.74, 6) is 0.353. The van der Waals surface area contributed by atoms with Crippen molar-refractivity contribution in [3.63, 3.8) is 0 Å². The van der Waals surface area contributed by atoms with Gasteiger partial charge in [0, 0.05) is 31.9 Å². The molecule has 130 valence electrons. The zero-order valence-electron chi connectivity index (χ0n) is 14.3. The van der Waals surface area contributed by atoms with Gasteiger partial charge in [0.15, 0.2) is 5.76 Å². The summed E-state index contributed by atoms with van der Waals surface area (Å²) in [4.78, 5) is 2.47. The van der Waals surface area contributed by atoms with Crippen LogP contribution in [0.25, 0.3) is 0 Å². The highest BCUT2D eigenvalue weighted by molar-refractivity contribution is 7.89. The second-order valence-corrected chi connectivity index (χ2v) is 7.90. The Morgan fingerprint density at radius 1 is 1.12 bits per heavy atom. The van der Waals surface area contributed by atoms with Crippen molar-refractivity contribution in [2.75, 3.05) is 31.1 Å². The van der Waals surface area contributed by atoms with Crippen LogP contribution in [0.2, 0.25) is 0 Å². The Hall–Kier alpha value is -1.86. The second kappa shape index (κ2) is 6.57. The summed E-state index contributed by atoms with van der Waals surface area (Å²) >= 11 is 0. The predicted octanol–water partition coefficient (Wildman–Crippen LogP) is 2.36. The number of piperazine rings is 1. The second-order valence-electron chi connectivity index (χ2n) is 6.03. The van der Waals surface area contributed by atoms with E-state index in [9.17, 15) is 8.42 Å². The molecule has 0 spiro atoms. The van der Waals surface area contributed by atoms with Crippen LogP contribution in [0.4, 0.5) is 5.69 Å². The van der Waals surface area contributed by atoms with Gasteiger partial charge in [-0.2, -0.15) is 4.31 Å². The molecule has 1 aromatic heterocycles. The lowest BCUT2D eigenvalue weighted by molar-refractivity contribution is 0.378. The van der Waals surface area contributed by atoms with Crippen molar-refractivity contribution in [2.24, 2.45) is 0 Å². The van der Waals surface area contributed by atoms with Gasteiger partial charge < -0.3 is 9.42 Å². The van der Waals surface area contributed by atoms with E-state index < -0.39 is 10.0 Å². The van der Waals surface area contributed by atoms with E-state index >= 15 is 0 Å². The fourth-order valence-electron chi connectivity index (χ4n) is 3.26. The van der Waals surface area contributed by atoms with Crippen LogP contribution in [0.1, 0.15) is 23.9 Å². The molecule has 7 heteroatoms. The zero-order chi connectivity index (χ0) is 17.3. The average molecular weight is 349 g/mol. The number of hydrogen-bond donors (Lipinski definition) is 0. The molecule has 0 atom stereocenters. The third-order valence-corrected chi connectivity index (χ3v) is 6.66. The number of sulfonamides is 1. The van der Waals surface area contributed by atoms with Crippen LogP contribution in [-0.4, -0.2) is 44.1 Å². The van der Waals surface area contributed by atoms with E-state index in [1.807, 2.05) is 12.1 Å². The van der Waals surface area contributed by atoms with Crippen molar-refractivity contribution >= 4 is 15.7 Å². The molecule has 2 heterocycles. The Bertz CT molecular complexity index is 802. The smallest absolute Gasteiger partial charge is 0.248 e. The van der Waals surface area contributed by atoms with Crippen molar-refractivity contribution in [1.29, 1.82) is 0 Å². The minimum atomic E-state index is -3.55. The van der Waals surface area contributed by atoms with Gasteiger partial charge in [-0.1, -0.05) is 30.3 Å². The zero-order valence-corrected chi connectivity index (χ0v) is 15.1. The molecular weight excluding hydrogens is 326 g/mol. The van der Waals surface area contributed by atoms with Gasteiger partial charge in [-0.15, -0.1) is 0 Å². The molecule has 6 nitrogen and oxygen atoms in total. The molecule has 1 aliphatic heterocycles. The van der Waals surface area contributed by atoms with E-state index in [1.165, 1.54) is 15.6 Å². The number of aromatic nitrogens is 1. The highest BCUT2D eigenvalue weighted by atomic mass is 32.2. The molecule has 0 N–H and O–H groups in total. The third kappa shape index (κ3) is 2.93. The molecule has 0 aliphatic carbocycles. The van der Waals surface area contributed by atoms with Crippen molar-refractivity contribution in [3.8, 4) is 0 Å². The number of hydrogen-bond acceptors (Lipinski definition) is 5. The Kier molecular flexibility index (Phi) is 4.64. The van der Waals surface area contributed by atoms with Crippen molar-refractivity contribution in [3.05, 3.63) is 41.3 Å². The Balaban J connectivity index is 1.78. The van der Waals surface area contributed by atoms with Gasteiger partial charge in [-0.25, -0.2) is 8.42 Å². The minimum absolute atomic E-state index is 0.213. The quantitative estimate of drug-likeness (QED) is 0.848. The number of benzene rings is 1. The maximum Gasteiger partial charge on any atom is 0.248 e. The van der Waals surface area contributed by atoms with Crippen LogP contribution in [0.5, 0.6) is 0 Å². The standard InChI is InChI=1S/C17H23N3O3S/c1-4-15-7-5-6-8-16(15)19-9-11-20(12-10-19)24(21,22)17-13(2)18-23-14(17)3/h5-8H,4,9-12H2,1-3H3. The normalized spacial score (nSPS) is 16.5. The highest BCUT2D eigenvalue weighted by Crippen LogP contribution is 2.27. The lowest BCUT2D eigenvalue weighted by atomic mass is 10.1. The van der Waals surface area contributed by atoms with Gasteiger partial charge in [0.05, 0.1) is 0 Å². The van der Waals surface area contributed by atoms with Crippen LogP contribution in [0.3, 0.4) is 0 Å². The van der Waals surface area contributed by atoms with Crippen LogP contribution >= 0.6 is 0 Å². The van der Waals surface area contributed by atoms with Gasteiger partial charge in [0.25, 0.3) is 0 Å². The van der Waals surface area contributed by atoms with E-state index in [0.717, 1.165) is 6.42 Å². The molecule has 1 aliphatic rings. The van der Waals surface area contributed by atoms with E-state index in [4.69, 9.17) is 4.52 Å². The van der Waals surface area contributed by atoms with E-state index in [-0.39, 0.29) is 4.90 Å². The van der Waals surface area contributed by atoms with E-state index in [2.05, 4.69) is 29.1 Å². The highest BCUT2D eigenvalue weighted by Gasteiger charge is 2.33. The lowest BCUT2D eigenvalue weighted by Crippen LogP contribution is -2.49. The van der Waals surface area contributed by atoms with Gasteiger partial charge in [-0.3, -0.25) is 0 Å². The fourth-order valence-corrected chi connectivity index (χ4v) is 4.97. The Morgan fingerprint density at radius 2 is 1.79 bits per heavy atom. The molecule has 1 aromatic carbocycles. The maximum absolute atomic E-state index is 12.9. The summed E-state index contributed by atoms with van der Waals surface area (Å²) in [5.41, 5.74) is 2.92. The number of anilines is 1. The van der Waals surface area contributed by atoms with Gasteiger partial charge in [-0.05, 0) is 31.9 Å².